The van der Waals surface area contributed by atoms with Gasteiger partial charge in [-0.1, -0.05) is 6.07 Å². The third-order valence-corrected chi connectivity index (χ3v) is 4.92. The van der Waals surface area contributed by atoms with Gasteiger partial charge in [-0.3, -0.25) is 0 Å². The molecular weight excluding hydrogens is 286 g/mol. The summed E-state index contributed by atoms with van der Waals surface area (Å²) >= 11 is 0.976. The van der Waals surface area contributed by atoms with Crippen molar-refractivity contribution >= 4 is 32.8 Å². The number of fused-ring (bicyclic) bond motifs is 1. The summed E-state index contributed by atoms with van der Waals surface area (Å²) in [5.74, 6) is 0. The van der Waals surface area contributed by atoms with Crippen LogP contribution in [0.15, 0.2) is 31.8 Å². The number of hydrogen-bond donors (Lipinski definition) is 1. The molecule has 0 fully saturated rings. The standard InChI is InChI=1S/C11H15N3O3S2/c1-11(2,15)7-14(3)19(16,17)9-6-4-5-8-10(9)13-18-12-8/h4-6,15H,7H2,1-3H3. The summed E-state index contributed by atoms with van der Waals surface area (Å²) in [6.45, 7) is 3.12. The van der Waals surface area contributed by atoms with Crippen molar-refractivity contribution < 1.29 is 13.5 Å². The number of rotatable bonds is 4. The molecule has 1 aliphatic heterocycles. The minimum Gasteiger partial charge on any atom is -0.389 e. The largest absolute Gasteiger partial charge is 0.389 e. The molecule has 1 heterocycles. The van der Waals surface area contributed by atoms with E-state index in [2.05, 4.69) is 8.73 Å². The van der Waals surface area contributed by atoms with E-state index in [1.807, 2.05) is 0 Å². The van der Waals surface area contributed by atoms with Crippen LogP contribution in [0.1, 0.15) is 13.8 Å². The predicted molar refractivity (Wildman–Crippen MR) is 74.1 cm³/mol. The molecule has 0 radical (unpaired) electrons. The van der Waals surface area contributed by atoms with Gasteiger partial charge in [0.2, 0.25) is 10.0 Å². The Kier molecular flexibility index (Phi) is 3.61. The van der Waals surface area contributed by atoms with Crippen molar-refractivity contribution in [2.24, 2.45) is 8.73 Å². The van der Waals surface area contributed by atoms with Crippen molar-refractivity contribution in [1.29, 1.82) is 0 Å². The Hall–Kier alpha value is -1.09. The molecule has 1 aromatic carbocycles. The Morgan fingerprint density at radius 1 is 1.37 bits per heavy atom. The highest BCUT2D eigenvalue weighted by molar-refractivity contribution is 7.89. The molecule has 0 atom stereocenters. The van der Waals surface area contributed by atoms with Gasteiger partial charge < -0.3 is 5.11 Å². The van der Waals surface area contributed by atoms with Gasteiger partial charge >= 0.3 is 0 Å². The maximum absolute atomic E-state index is 12.5. The van der Waals surface area contributed by atoms with Crippen LogP contribution in [0.2, 0.25) is 0 Å². The maximum atomic E-state index is 12.5. The monoisotopic (exact) mass is 301 g/mol. The SMILES string of the molecule is CN(CC(C)(C)O)S(=O)(=O)c1cccc2c1N=S=N2. The molecule has 2 rings (SSSR count). The van der Waals surface area contributed by atoms with E-state index in [0.717, 1.165) is 15.7 Å². The molecular formula is C11H15N3O3S2. The molecule has 0 saturated heterocycles. The fraction of sp³-hybridized carbons (Fsp3) is 0.455. The lowest BCUT2D eigenvalue weighted by atomic mass is 10.1. The summed E-state index contributed by atoms with van der Waals surface area (Å²) in [5, 5.41) is 9.74. The zero-order valence-corrected chi connectivity index (χ0v) is 12.5. The molecule has 0 unspecified atom stereocenters. The number of nitrogens with zero attached hydrogens (tertiary/aromatic N) is 3. The summed E-state index contributed by atoms with van der Waals surface area (Å²) in [4.78, 5) is 0.116. The highest BCUT2D eigenvalue weighted by atomic mass is 32.2. The molecule has 0 aromatic heterocycles. The van der Waals surface area contributed by atoms with E-state index in [9.17, 15) is 13.5 Å². The predicted octanol–water partition coefficient (Wildman–Crippen LogP) is 1.80. The Morgan fingerprint density at radius 3 is 2.68 bits per heavy atom. The van der Waals surface area contributed by atoms with Gasteiger partial charge in [-0.25, -0.2) is 8.42 Å². The van der Waals surface area contributed by atoms with Gasteiger partial charge in [-0.15, -0.1) is 0 Å². The van der Waals surface area contributed by atoms with Crippen molar-refractivity contribution in [3.63, 3.8) is 0 Å². The fourth-order valence-electron chi connectivity index (χ4n) is 1.79. The van der Waals surface area contributed by atoms with Crippen LogP contribution in [0.5, 0.6) is 0 Å². The van der Waals surface area contributed by atoms with Crippen LogP contribution in [0.4, 0.5) is 11.4 Å². The lowest BCUT2D eigenvalue weighted by Crippen LogP contribution is -2.39. The second-order valence-electron chi connectivity index (χ2n) is 4.96. The maximum Gasteiger partial charge on any atom is 0.245 e. The molecule has 8 heteroatoms. The van der Waals surface area contributed by atoms with Crippen molar-refractivity contribution in [3.05, 3.63) is 18.2 Å². The highest BCUT2D eigenvalue weighted by Crippen LogP contribution is 2.38. The van der Waals surface area contributed by atoms with E-state index in [1.165, 1.54) is 13.1 Å². The van der Waals surface area contributed by atoms with Crippen LogP contribution in [-0.4, -0.2) is 37.0 Å². The third-order valence-electron chi connectivity index (χ3n) is 2.55. The molecule has 6 nitrogen and oxygen atoms in total. The highest BCUT2D eigenvalue weighted by Gasteiger charge is 2.29. The summed E-state index contributed by atoms with van der Waals surface area (Å²) in [6.07, 6.45) is 0. The van der Waals surface area contributed by atoms with Crippen molar-refractivity contribution in [3.8, 4) is 0 Å². The van der Waals surface area contributed by atoms with Crippen LogP contribution in [-0.2, 0) is 21.4 Å². The first kappa shape index (κ1) is 14.3. The first-order chi connectivity index (χ1) is 8.72. The lowest BCUT2D eigenvalue weighted by molar-refractivity contribution is 0.0640. The van der Waals surface area contributed by atoms with Gasteiger partial charge in [-0.05, 0) is 26.0 Å². The van der Waals surface area contributed by atoms with Gasteiger partial charge in [0.15, 0.2) is 0 Å². The Labute approximate surface area is 116 Å². The van der Waals surface area contributed by atoms with Gasteiger partial charge in [-0.2, -0.15) is 13.0 Å². The minimum absolute atomic E-state index is 0.00326. The smallest absolute Gasteiger partial charge is 0.245 e. The average Bonchev–Trinajstić information content (AvgIpc) is 2.73. The molecule has 104 valence electrons. The van der Waals surface area contributed by atoms with Crippen LogP contribution in [0, 0.1) is 0 Å². The number of aliphatic hydroxyl groups is 1. The van der Waals surface area contributed by atoms with Crippen LogP contribution >= 0.6 is 0 Å². The quantitative estimate of drug-likeness (QED) is 0.935. The molecule has 1 N–H and O–H groups in total. The number of sulfonamides is 1. The van der Waals surface area contributed by atoms with E-state index in [4.69, 9.17) is 0 Å². The summed E-state index contributed by atoms with van der Waals surface area (Å²) in [5.41, 5.74) is -0.173. The van der Waals surface area contributed by atoms with E-state index in [-0.39, 0.29) is 11.4 Å². The Balaban J connectivity index is 2.42. The van der Waals surface area contributed by atoms with Gasteiger partial charge in [0.1, 0.15) is 16.3 Å². The topological polar surface area (TPSA) is 82.3 Å². The van der Waals surface area contributed by atoms with E-state index < -0.39 is 15.6 Å². The summed E-state index contributed by atoms with van der Waals surface area (Å²) in [7, 11) is -2.25. The third kappa shape index (κ3) is 2.92. The molecule has 0 aliphatic carbocycles. The van der Waals surface area contributed by atoms with Crippen molar-refractivity contribution in [2.45, 2.75) is 24.3 Å². The fourth-order valence-corrected chi connectivity index (χ4v) is 3.86. The normalized spacial score (nSPS) is 14.6. The van der Waals surface area contributed by atoms with Gasteiger partial charge in [0, 0.05) is 13.6 Å². The first-order valence-corrected chi connectivity index (χ1v) is 7.79. The summed E-state index contributed by atoms with van der Waals surface area (Å²) < 4.78 is 34.1. The van der Waals surface area contributed by atoms with Crippen molar-refractivity contribution in [2.75, 3.05) is 13.6 Å². The van der Waals surface area contributed by atoms with E-state index in [1.54, 1.807) is 26.0 Å². The second-order valence-corrected chi connectivity index (χ2v) is 7.50. The Bertz CT molecular complexity index is 671. The zero-order chi connectivity index (χ0) is 14.3. The van der Waals surface area contributed by atoms with E-state index in [0.29, 0.717) is 11.4 Å². The lowest BCUT2D eigenvalue weighted by Gasteiger charge is -2.25. The number of benzene rings is 1. The van der Waals surface area contributed by atoms with Crippen molar-refractivity contribution in [1.82, 2.24) is 4.31 Å². The first-order valence-electron chi connectivity index (χ1n) is 5.62. The zero-order valence-electron chi connectivity index (χ0n) is 10.9. The molecule has 19 heavy (non-hydrogen) atoms. The molecule has 1 aromatic rings. The minimum atomic E-state index is -3.69. The molecule has 1 aliphatic rings. The number of hydrogen-bond acceptors (Lipinski definition) is 5. The molecule has 0 saturated carbocycles. The summed E-state index contributed by atoms with van der Waals surface area (Å²) in [6, 6.07) is 4.85. The average molecular weight is 301 g/mol. The van der Waals surface area contributed by atoms with Crippen LogP contribution in [0.25, 0.3) is 0 Å². The molecule has 0 amide bonds. The van der Waals surface area contributed by atoms with Crippen LogP contribution in [0.3, 0.4) is 0 Å². The Morgan fingerprint density at radius 2 is 2.05 bits per heavy atom. The second kappa shape index (κ2) is 4.78. The van der Waals surface area contributed by atoms with Gasteiger partial charge in [0.05, 0.1) is 17.0 Å². The number of likely N-dealkylation sites (N-methyl/N-ethyl adjacent to an activating group) is 1. The van der Waals surface area contributed by atoms with Gasteiger partial charge in [0.25, 0.3) is 0 Å². The molecule has 0 spiro atoms. The molecule has 0 bridgehead atoms. The van der Waals surface area contributed by atoms with Crippen LogP contribution < -0.4 is 0 Å². The van der Waals surface area contributed by atoms with E-state index >= 15 is 0 Å².